The molecule has 5 rings (SSSR count). The number of nitrogens with two attached hydrogens (primary N) is 1. The third kappa shape index (κ3) is 4.09. The predicted octanol–water partition coefficient (Wildman–Crippen LogP) is 4.75. The fourth-order valence-electron chi connectivity index (χ4n) is 3.58. The highest BCUT2D eigenvalue weighted by molar-refractivity contribution is 6.70. The summed E-state index contributed by atoms with van der Waals surface area (Å²) in [5.41, 5.74) is 10.5. The standard InChI is InChI=1S/C24H20ClN7O/c1-27-24-29-14-12-20(30-24)19-7-4-13-28-23(19)33-16-10-8-15(9-11-16)32-22(26)18-6-3-2-5-17(18)21(25)31-32/h2-14,22H,26H2,1H3,(H,27,29,30). The Morgan fingerprint density at radius 3 is 2.55 bits per heavy atom. The van der Waals surface area contributed by atoms with Crippen molar-refractivity contribution < 1.29 is 4.74 Å². The molecule has 0 bridgehead atoms. The van der Waals surface area contributed by atoms with Crippen LogP contribution in [0.5, 0.6) is 11.6 Å². The molecule has 0 spiro atoms. The number of halogens is 1. The van der Waals surface area contributed by atoms with Crippen molar-refractivity contribution in [2.75, 3.05) is 17.4 Å². The molecule has 1 atom stereocenters. The summed E-state index contributed by atoms with van der Waals surface area (Å²) in [5, 5.41) is 9.51. The maximum atomic E-state index is 6.46. The number of hydrogen-bond donors (Lipinski definition) is 2. The number of rotatable bonds is 5. The Labute approximate surface area is 195 Å². The van der Waals surface area contributed by atoms with E-state index in [4.69, 9.17) is 22.1 Å². The van der Waals surface area contributed by atoms with Gasteiger partial charge in [-0.2, -0.15) is 5.10 Å². The lowest BCUT2D eigenvalue weighted by Crippen LogP contribution is -2.35. The number of benzene rings is 2. The summed E-state index contributed by atoms with van der Waals surface area (Å²) >= 11 is 6.40. The van der Waals surface area contributed by atoms with E-state index in [1.807, 2.05) is 66.7 Å². The van der Waals surface area contributed by atoms with Crippen LogP contribution in [0, 0.1) is 0 Å². The molecule has 0 fully saturated rings. The minimum atomic E-state index is -0.447. The topological polar surface area (TPSA) is 102 Å². The van der Waals surface area contributed by atoms with E-state index in [2.05, 4.69) is 25.4 Å². The molecule has 0 amide bonds. The van der Waals surface area contributed by atoms with Gasteiger partial charge in [-0.1, -0.05) is 35.9 Å². The highest BCUT2D eigenvalue weighted by Gasteiger charge is 2.26. The fraction of sp³-hybridized carbons (Fsp3) is 0.0833. The molecule has 0 saturated heterocycles. The molecule has 1 aliphatic rings. The van der Waals surface area contributed by atoms with Gasteiger partial charge < -0.3 is 15.8 Å². The molecule has 1 unspecified atom stereocenters. The first-order chi connectivity index (χ1) is 16.1. The summed E-state index contributed by atoms with van der Waals surface area (Å²) in [5.74, 6) is 1.57. The van der Waals surface area contributed by atoms with Crippen molar-refractivity contribution >= 4 is 28.4 Å². The van der Waals surface area contributed by atoms with Crippen LogP contribution in [-0.2, 0) is 0 Å². The van der Waals surface area contributed by atoms with Crippen molar-refractivity contribution in [3.8, 4) is 22.9 Å². The van der Waals surface area contributed by atoms with E-state index < -0.39 is 6.17 Å². The van der Waals surface area contributed by atoms with Crippen molar-refractivity contribution in [3.63, 3.8) is 0 Å². The largest absolute Gasteiger partial charge is 0.438 e. The van der Waals surface area contributed by atoms with E-state index in [1.54, 1.807) is 24.5 Å². The summed E-state index contributed by atoms with van der Waals surface area (Å²) in [4.78, 5) is 13.0. The van der Waals surface area contributed by atoms with E-state index >= 15 is 0 Å². The number of fused-ring (bicyclic) bond motifs is 1. The first-order valence-electron chi connectivity index (χ1n) is 10.3. The van der Waals surface area contributed by atoms with Crippen molar-refractivity contribution in [1.82, 2.24) is 15.0 Å². The van der Waals surface area contributed by atoms with Gasteiger partial charge in [-0.25, -0.2) is 20.0 Å². The highest BCUT2D eigenvalue weighted by atomic mass is 35.5. The van der Waals surface area contributed by atoms with Gasteiger partial charge in [-0.15, -0.1) is 0 Å². The molecule has 3 heterocycles. The van der Waals surface area contributed by atoms with E-state index in [1.165, 1.54) is 0 Å². The van der Waals surface area contributed by atoms with Crippen molar-refractivity contribution in [1.29, 1.82) is 0 Å². The Morgan fingerprint density at radius 2 is 1.73 bits per heavy atom. The molecule has 8 nitrogen and oxygen atoms in total. The van der Waals surface area contributed by atoms with Gasteiger partial charge in [0.15, 0.2) is 5.17 Å². The summed E-state index contributed by atoms with van der Waals surface area (Å²) < 4.78 is 6.08. The minimum absolute atomic E-state index is 0.400. The zero-order valence-corrected chi connectivity index (χ0v) is 18.4. The maximum absolute atomic E-state index is 6.46. The third-order valence-corrected chi connectivity index (χ3v) is 5.48. The molecule has 164 valence electrons. The zero-order valence-electron chi connectivity index (χ0n) is 17.7. The van der Waals surface area contributed by atoms with Crippen molar-refractivity contribution in [2.45, 2.75) is 6.17 Å². The molecule has 2 aromatic heterocycles. The minimum Gasteiger partial charge on any atom is -0.438 e. The van der Waals surface area contributed by atoms with Gasteiger partial charge in [-0.3, -0.25) is 0 Å². The number of nitrogens with zero attached hydrogens (tertiary/aromatic N) is 5. The van der Waals surface area contributed by atoms with E-state index in [0.717, 1.165) is 22.4 Å². The number of hydrazone groups is 1. The summed E-state index contributed by atoms with van der Waals surface area (Å²) in [7, 11) is 1.77. The number of aromatic nitrogens is 3. The molecule has 9 heteroatoms. The average molecular weight is 458 g/mol. The molecule has 1 aliphatic heterocycles. The van der Waals surface area contributed by atoms with Crippen LogP contribution in [0.2, 0.25) is 0 Å². The molecule has 33 heavy (non-hydrogen) atoms. The summed E-state index contributed by atoms with van der Waals surface area (Å²) in [6, 6.07) is 20.7. The van der Waals surface area contributed by atoms with Gasteiger partial charge in [-0.05, 0) is 42.5 Å². The second-order valence-corrected chi connectivity index (χ2v) is 7.59. The third-order valence-electron chi connectivity index (χ3n) is 5.20. The van der Waals surface area contributed by atoms with Gasteiger partial charge >= 0.3 is 0 Å². The monoisotopic (exact) mass is 457 g/mol. The number of ether oxygens (including phenoxy) is 1. The van der Waals surface area contributed by atoms with Gasteiger partial charge in [0.25, 0.3) is 0 Å². The molecular formula is C24H20ClN7O. The van der Waals surface area contributed by atoms with Gasteiger partial charge in [0.1, 0.15) is 11.9 Å². The fourth-order valence-corrected chi connectivity index (χ4v) is 3.83. The lowest BCUT2D eigenvalue weighted by Gasteiger charge is -2.31. The first kappa shape index (κ1) is 20.9. The van der Waals surface area contributed by atoms with Crippen LogP contribution in [0.15, 0.2) is 84.2 Å². The van der Waals surface area contributed by atoms with Crippen LogP contribution in [0.25, 0.3) is 11.3 Å². The number of nitrogens with one attached hydrogen (secondary N) is 1. The van der Waals surface area contributed by atoms with Gasteiger partial charge in [0.2, 0.25) is 11.8 Å². The molecular weight excluding hydrogens is 438 g/mol. The highest BCUT2D eigenvalue weighted by Crippen LogP contribution is 2.34. The van der Waals surface area contributed by atoms with Crippen LogP contribution in [-0.4, -0.2) is 27.2 Å². The SMILES string of the molecule is CNc1nccc(-c2cccnc2Oc2ccc(N3N=C(Cl)c4ccccc4C3N)cc2)n1. The van der Waals surface area contributed by atoms with Gasteiger partial charge in [0, 0.05) is 30.6 Å². The number of hydrogen-bond acceptors (Lipinski definition) is 8. The Kier molecular flexibility index (Phi) is 5.60. The quantitative estimate of drug-likeness (QED) is 0.445. The van der Waals surface area contributed by atoms with E-state index in [0.29, 0.717) is 28.4 Å². The second-order valence-electron chi connectivity index (χ2n) is 7.24. The Bertz CT molecular complexity index is 1330. The molecule has 2 aromatic carbocycles. The predicted molar refractivity (Wildman–Crippen MR) is 130 cm³/mol. The van der Waals surface area contributed by atoms with Crippen LogP contribution < -0.4 is 20.8 Å². The Morgan fingerprint density at radius 1 is 0.939 bits per heavy atom. The smallest absolute Gasteiger partial charge is 0.228 e. The zero-order chi connectivity index (χ0) is 22.8. The molecule has 0 radical (unpaired) electrons. The molecule has 0 aliphatic carbocycles. The first-order valence-corrected chi connectivity index (χ1v) is 10.6. The molecule has 4 aromatic rings. The van der Waals surface area contributed by atoms with Crippen LogP contribution in [0.3, 0.4) is 0 Å². The van der Waals surface area contributed by atoms with E-state index in [-0.39, 0.29) is 0 Å². The summed E-state index contributed by atoms with van der Waals surface area (Å²) in [6.07, 6.45) is 2.91. The van der Waals surface area contributed by atoms with Crippen LogP contribution >= 0.6 is 11.6 Å². The maximum Gasteiger partial charge on any atom is 0.228 e. The Hall–Kier alpha value is -4.01. The van der Waals surface area contributed by atoms with Crippen molar-refractivity contribution in [2.24, 2.45) is 10.8 Å². The Balaban J connectivity index is 1.40. The normalized spacial score (nSPS) is 14.9. The van der Waals surface area contributed by atoms with E-state index in [9.17, 15) is 0 Å². The number of anilines is 2. The molecule has 0 saturated carbocycles. The van der Waals surface area contributed by atoms with Gasteiger partial charge in [0.05, 0.1) is 16.9 Å². The average Bonchev–Trinajstić information content (AvgIpc) is 2.87. The van der Waals surface area contributed by atoms with Crippen molar-refractivity contribution in [3.05, 3.63) is 90.3 Å². The second kappa shape index (κ2) is 8.85. The number of pyridine rings is 1. The summed E-state index contributed by atoms with van der Waals surface area (Å²) in [6.45, 7) is 0. The van der Waals surface area contributed by atoms with Crippen LogP contribution in [0.4, 0.5) is 11.6 Å². The lowest BCUT2D eigenvalue weighted by atomic mass is 10.0. The van der Waals surface area contributed by atoms with Crippen LogP contribution in [0.1, 0.15) is 17.3 Å². The molecule has 3 N–H and O–H groups in total. The lowest BCUT2D eigenvalue weighted by molar-refractivity contribution is 0.464.